The number of unbranched alkanes of at least 4 members (excludes halogenated alkanes) is 1. The van der Waals surface area contributed by atoms with Crippen LogP contribution in [0.5, 0.6) is 0 Å². The summed E-state index contributed by atoms with van der Waals surface area (Å²) in [5.41, 5.74) is 5.88. The zero-order valence-corrected chi connectivity index (χ0v) is 6.73. The maximum absolute atomic E-state index is 5.39. The fraction of sp³-hybridized carbons (Fsp3) is 1.00. The first-order valence-electron chi connectivity index (χ1n) is 4.05. The van der Waals surface area contributed by atoms with Crippen molar-refractivity contribution >= 4 is 0 Å². The van der Waals surface area contributed by atoms with Crippen LogP contribution >= 0.6 is 0 Å². The second-order valence-corrected chi connectivity index (χ2v) is 3.55. The van der Waals surface area contributed by atoms with E-state index in [4.69, 9.17) is 10.5 Å². The molecule has 0 aromatic rings. The number of hydrogen-bond acceptors (Lipinski definition) is 2. The first-order chi connectivity index (χ1) is 4.77. The average molecular weight is 143 g/mol. The molecular weight excluding hydrogens is 126 g/mol. The van der Waals surface area contributed by atoms with Gasteiger partial charge in [-0.05, 0) is 19.4 Å². The lowest BCUT2D eigenvalue weighted by atomic mass is 9.83. The topological polar surface area (TPSA) is 35.2 Å². The molecule has 0 atom stereocenters. The molecule has 2 heteroatoms. The van der Waals surface area contributed by atoms with Gasteiger partial charge in [-0.2, -0.15) is 0 Å². The van der Waals surface area contributed by atoms with Crippen molar-refractivity contribution in [3.63, 3.8) is 0 Å². The van der Waals surface area contributed by atoms with Crippen LogP contribution in [0.1, 0.15) is 26.2 Å². The first-order valence-corrected chi connectivity index (χ1v) is 4.05. The number of rotatable bonds is 4. The highest BCUT2D eigenvalue weighted by Gasteiger charge is 2.32. The van der Waals surface area contributed by atoms with Crippen LogP contribution in [-0.2, 0) is 4.74 Å². The molecule has 0 aliphatic carbocycles. The van der Waals surface area contributed by atoms with E-state index in [1.54, 1.807) is 0 Å². The zero-order chi connectivity index (χ0) is 7.45. The van der Waals surface area contributed by atoms with E-state index < -0.39 is 0 Å². The third-order valence-corrected chi connectivity index (χ3v) is 2.14. The predicted molar refractivity (Wildman–Crippen MR) is 41.8 cm³/mol. The SMILES string of the molecule is CC1(CCCCN)COC1. The number of nitrogens with two attached hydrogens (primary N) is 1. The minimum atomic E-state index is 0.495. The van der Waals surface area contributed by atoms with E-state index in [0.29, 0.717) is 5.41 Å². The van der Waals surface area contributed by atoms with E-state index in [9.17, 15) is 0 Å². The van der Waals surface area contributed by atoms with Gasteiger partial charge in [0.05, 0.1) is 13.2 Å². The van der Waals surface area contributed by atoms with Crippen LogP contribution in [0, 0.1) is 5.41 Å². The van der Waals surface area contributed by atoms with Gasteiger partial charge < -0.3 is 10.5 Å². The van der Waals surface area contributed by atoms with E-state index in [1.807, 2.05) is 0 Å². The second kappa shape index (κ2) is 3.35. The number of ether oxygens (including phenoxy) is 1. The minimum Gasteiger partial charge on any atom is -0.380 e. The van der Waals surface area contributed by atoms with Crippen LogP contribution in [0.4, 0.5) is 0 Å². The molecule has 1 rings (SSSR count). The Morgan fingerprint density at radius 3 is 2.50 bits per heavy atom. The summed E-state index contributed by atoms with van der Waals surface area (Å²) in [6.45, 7) is 5.03. The molecule has 0 aromatic heterocycles. The van der Waals surface area contributed by atoms with Crippen LogP contribution < -0.4 is 5.73 Å². The average Bonchev–Trinajstić information content (AvgIpc) is 1.85. The third kappa shape index (κ3) is 1.96. The molecule has 1 heterocycles. The predicted octanol–water partition coefficient (Wildman–Crippen LogP) is 1.15. The molecule has 60 valence electrons. The molecule has 1 aliphatic heterocycles. The Balaban J connectivity index is 2.01. The van der Waals surface area contributed by atoms with Crippen molar-refractivity contribution in [3.05, 3.63) is 0 Å². The van der Waals surface area contributed by atoms with Gasteiger partial charge >= 0.3 is 0 Å². The lowest BCUT2D eigenvalue weighted by Crippen LogP contribution is -2.39. The molecule has 0 spiro atoms. The van der Waals surface area contributed by atoms with Crippen LogP contribution in [-0.4, -0.2) is 19.8 Å². The van der Waals surface area contributed by atoms with Gasteiger partial charge in [0.15, 0.2) is 0 Å². The molecular formula is C8H17NO. The van der Waals surface area contributed by atoms with E-state index in [-0.39, 0.29) is 0 Å². The molecule has 0 aromatic carbocycles. The molecule has 2 nitrogen and oxygen atoms in total. The van der Waals surface area contributed by atoms with Crippen molar-refractivity contribution in [3.8, 4) is 0 Å². The molecule has 1 aliphatic rings. The molecule has 0 unspecified atom stereocenters. The van der Waals surface area contributed by atoms with Crippen LogP contribution in [0.3, 0.4) is 0 Å². The summed E-state index contributed by atoms with van der Waals surface area (Å²) < 4.78 is 5.14. The quantitative estimate of drug-likeness (QED) is 0.599. The van der Waals surface area contributed by atoms with Gasteiger partial charge in [-0.1, -0.05) is 13.3 Å². The highest BCUT2D eigenvalue weighted by atomic mass is 16.5. The number of hydrogen-bond donors (Lipinski definition) is 1. The smallest absolute Gasteiger partial charge is 0.0542 e. The summed E-state index contributed by atoms with van der Waals surface area (Å²) in [4.78, 5) is 0. The summed E-state index contributed by atoms with van der Waals surface area (Å²) in [7, 11) is 0. The molecule has 1 saturated heterocycles. The third-order valence-electron chi connectivity index (χ3n) is 2.14. The van der Waals surface area contributed by atoms with Gasteiger partial charge in [-0.15, -0.1) is 0 Å². The monoisotopic (exact) mass is 143 g/mol. The van der Waals surface area contributed by atoms with Crippen LogP contribution in [0.2, 0.25) is 0 Å². The van der Waals surface area contributed by atoms with E-state index in [2.05, 4.69) is 6.92 Å². The molecule has 0 bridgehead atoms. The molecule has 0 radical (unpaired) electrons. The van der Waals surface area contributed by atoms with E-state index in [1.165, 1.54) is 12.8 Å². The van der Waals surface area contributed by atoms with Gasteiger partial charge in [-0.3, -0.25) is 0 Å². The second-order valence-electron chi connectivity index (χ2n) is 3.55. The molecule has 1 fully saturated rings. The summed E-state index contributed by atoms with van der Waals surface area (Å²) in [6.07, 6.45) is 3.70. The highest BCUT2D eigenvalue weighted by Crippen LogP contribution is 2.31. The standard InChI is InChI=1S/C8H17NO/c1-8(6-10-7-8)4-2-3-5-9/h2-7,9H2,1H3. The largest absolute Gasteiger partial charge is 0.380 e. The van der Waals surface area contributed by atoms with Crippen molar-refractivity contribution in [2.75, 3.05) is 19.8 Å². The lowest BCUT2D eigenvalue weighted by Gasteiger charge is -2.38. The van der Waals surface area contributed by atoms with Crippen molar-refractivity contribution in [2.45, 2.75) is 26.2 Å². The minimum absolute atomic E-state index is 0.495. The Hall–Kier alpha value is -0.0800. The maximum Gasteiger partial charge on any atom is 0.0542 e. The van der Waals surface area contributed by atoms with Crippen LogP contribution in [0.15, 0.2) is 0 Å². The van der Waals surface area contributed by atoms with Gasteiger partial charge in [0.2, 0.25) is 0 Å². The lowest BCUT2D eigenvalue weighted by molar-refractivity contribution is -0.106. The molecule has 2 N–H and O–H groups in total. The normalized spacial score (nSPS) is 22.2. The van der Waals surface area contributed by atoms with E-state index in [0.717, 1.165) is 26.2 Å². The van der Waals surface area contributed by atoms with Crippen molar-refractivity contribution in [1.82, 2.24) is 0 Å². The fourth-order valence-electron chi connectivity index (χ4n) is 1.29. The summed E-state index contributed by atoms with van der Waals surface area (Å²) in [5, 5.41) is 0. The first kappa shape index (κ1) is 8.02. The van der Waals surface area contributed by atoms with Crippen molar-refractivity contribution < 1.29 is 4.74 Å². The van der Waals surface area contributed by atoms with Crippen LogP contribution in [0.25, 0.3) is 0 Å². The Kier molecular flexibility index (Phi) is 2.69. The van der Waals surface area contributed by atoms with Gasteiger partial charge in [0.1, 0.15) is 0 Å². The maximum atomic E-state index is 5.39. The van der Waals surface area contributed by atoms with Crippen molar-refractivity contribution in [1.29, 1.82) is 0 Å². The Morgan fingerprint density at radius 1 is 1.40 bits per heavy atom. The van der Waals surface area contributed by atoms with Crippen molar-refractivity contribution in [2.24, 2.45) is 11.1 Å². The summed E-state index contributed by atoms with van der Waals surface area (Å²) in [6, 6.07) is 0. The summed E-state index contributed by atoms with van der Waals surface area (Å²) in [5.74, 6) is 0. The molecule has 0 saturated carbocycles. The zero-order valence-electron chi connectivity index (χ0n) is 6.73. The Labute approximate surface area is 62.7 Å². The molecule has 10 heavy (non-hydrogen) atoms. The van der Waals surface area contributed by atoms with Gasteiger partial charge in [-0.25, -0.2) is 0 Å². The summed E-state index contributed by atoms with van der Waals surface area (Å²) >= 11 is 0. The highest BCUT2D eigenvalue weighted by molar-refractivity contribution is 4.80. The molecule has 0 amide bonds. The van der Waals surface area contributed by atoms with Gasteiger partial charge in [0, 0.05) is 5.41 Å². The Bertz CT molecular complexity index is 99.4. The van der Waals surface area contributed by atoms with E-state index >= 15 is 0 Å². The Morgan fingerprint density at radius 2 is 2.10 bits per heavy atom. The van der Waals surface area contributed by atoms with Gasteiger partial charge in [0.25, 0.3) is 0 Å². The fourth-order valence-corrected chi connectivity index (χ4v) is 1.29.